The summed E-state index contributed by atoms with van der Waals surface area (Å²) in [5.74, 6) is -9.62. The van der Waals surface area contributed by atoms with Crippen molar-refractivity contribution >= 4 is 0 Å². The summed E-state index contributed by atoms with van der Waals surface area (Å²) < 4.78 is 60.2. The van der Waals surface area contributed by atoms with E-state index in [0.29, 0.717) is 5.56 Å². The molecule has 0 spiro atoms. The van der Waals surface area contributed by atoms with Gasteiger partial charge in [0.1, 0.15) is 6.61 Å². The molecule has 2 aromatic rings. The zero-order chi connectivity index (χ0) is 18.9. The first-order valence-corrected chi connectivity index (χ1v) is 8.16. The van der Waals surface area contributed by atoms with Gasteiger partial charge in [-0.25, -0.2) is 0 Å². The maximum absolute atomic E-state index is 13.9. The Bertz CT molecular complexity index is 847. The standard InChI is InChI=1S/C21H18F4O/c1-14-3-8-17(9-4-14)18-10-6-16(7-11-18)13-26-19-12-5-15(2)20(22,23)21(19,24)25/h3-12H,13H2,1-2H3. The van der Waals surface area contributed by atoms with E-state index >= 15 is 0 Å². The lowest BCUT2D eigenvalue weighted by atomic mass is 9.96. The first kappa shape index (κ1) is 18.2. The minimum Gasteiger partial charge on any atom is -0.487 e. The van der Waals surface area contributed by atoms with Gasteiger partial charge in [0.05, 0.1) is 0 Å². The zero-order valence-corrected chi connectivity index (χ0v) is 14.4. The number of alkyl halides is 4. The zero-order valence-electron chi connectivity index (χ0n) is 14.4. The summed E-state index contributed by atoms with van der Waals surface area (Å²) in [6.45, 7) is 2.77. The molecule has 1 aliphatic carbocycles. The number of benzene rings is 2. The molecule has 0 bridgehead atoms. The van der Waals surface area contributed by atoms with E-state index in [2.05, 4.69) is 0 Å². The number of hydrogen-bond acceptors (Lipinski definition) is 1. The molecule has 3 rings (SSSR count). The van der Waals surface area contributed by atoms with Crippen molar-refractivity contribution in [1.82, 2.24) is 0 Å². The third-order valence-corrected chi connectivity index (χ3v) is 4.42. The highest BCUT2D eigenvalue weighted by Gasteiger charge is 2.62. The summed E-state index contributed by atoms with van der Waals surface area (Å²) in [5.41, 5.74) is 3.09. The Morgan fingerprint density at radius 2 is 1.27 bits per heavy atom. The molecule has 0 aliphatic heterocycles. The average molecular weight is 362 g/mol. The maximum Gasteiger partial charge on any atom is 0.369 e. The van der Waals surface area contributed by atoms with Crippen molar-refractivity contribution in [3.8, 4) is 11.1 Å². The topological polar surface area (TPSA) is 9.23 Å². The molecule has 0 saturated carbocycles. The molecule has 0 aromatic heterocycles. The van der Waals surface area contributed by atoms with Crippen LogP contribution in [0.5, 0.6) is 0 Å². The Kier molecular flexibility index (Phi) is 4.65. The maximum atomic E-state index is 13.9. The summed E-state index contributed by atoms with van der Waals surface area (Å²) in [6.07, 6.45) is 1.88. The highest BCUT2D eigenvalue weighted by molar-refractivity contribution is 5.63. The quantitative estimate of drug-likeness (QED) is 0.581. The average Bonchev–Trinajstić information content (AvgIpc) is 2.61. The van der Waals surface area contributed by atoms with E-state index in [0.717, 1.165) is 35.8 Å². The van der Waals surface area contributed by atoms with Gasteiger partial charge in [-0.3, -0.25) is 0 Å². The molecule has 2 aromatic carbocycles. The number of ether oxygens (including phenoxy) is 1. The molecule has 0 saturated heterocycles. The summed E-state index contributed by atoms with van der Waals surface area (Å²) >= 11 is 0. The predicted octanol–water partition coefficient (Wildman–Crippen LogP) is 6.29. The third kappa shape index (κ3) is 3.26. The number of hydrogen-bond donors (Lipinski definition) is 0. The molecule has 0 heterocycles. The van der Waals surface area contributed by atoms with Crippen LogP contribution in [0, 0.1) is 6.92 Å². The minimum atomic E-state index is -4.35. The second-order valence-corrected chi connectivity index (χ2v) is 6.38. The third-order valence-electron chi connectivity index (χ3n) is 4.42. The summed E-state index contributed by atoms with van der Waals surface area (Å²) in [5, 5.41) is 0. The number of halogens is 4. The molecular formula is C21H18F4O. The van der Waals surface area contributed by atoms with Crippen LogP contribution >= 0.6 is 0 Å². The van der Waals surface area contributed by atoms with Crippen molar-refractivity contribution in [2.75, 3.05) is 0 Å². The lowest BCUT2D eigenvalue weighted by molar-refractivity contribution is -0.186. The Labute approximate surface area is 149 Å². The van der Waals surface area contributed by atoms with Crippen LogP contribution in [-0.4, -0.2) is 11.8 Å². The summed E-state index contributed by atoms with van der Waals surface area (Å²) in [6, 6.07) is 15.1. The first-order valence-electron chi connectivity index (χ1n) is 8.16. The molecule has 0 radical (unpaired) electrons. The summed E-state index contributed by atoms with van der Waals surface area (Å²) in [4.78, 5) is 0. The van der Waals surface area contributed by atoms with Crippen LogP contribution in [0.15, 0.2) is 72.0 Å². The van der Waals surface area contributed by atoms with Crippen LogP contribution < -0.4 is 0 Å². The van der Waals surface area contributed by atoms with Crippen molar-refractivity contribution in [2.45, 2.75) is 32.3 Å². The van der Waals surface area contributed by atoms with E-state index in [1.54, 1.807) is 12.1 Å². The van der Waals surface area contributed by atoms with Crippen molar-refractivity contribution in [1.29, 1.82) is 0 Å². The van der Waals surface area contributed by atoms with Crippen LogP contribution in [0.25, 0.3) is 11.1 Å². The van der Waals surface area contributed by atoms with Crippen molar-refractivity contribution < 1.29 is 22.3 Å². The van der Waals surface area contributed by atoms with Gasteiger partial charge in [-0.15, -0.1) is 0 Å². The molecule has 0 atom stereocenters. The van der Waals surface area contributed by atoms with Crippen LogP contribution in [0.2, 0.25) is 0 Å². The Morgan fingerprint density at radius 3 is 1.85 bits per heavy atom. The van der Waals surface area contributed by atoms with E-state index in [1.165, 1.54) is 0 Å². The number of allylic oxidation sites excluding steroid dienone is 4. The van der Waals surface area contributed by atoms with E-state index < -0.39 is 23.2 Å². The van der Waals surface area contributed by atoms with Crippen LogP contribution in [0.4, 0.5) is 17.6 Å². The smallest absolute Gasteiger partial charge is 0.369 e. The molecule has 26 heavy (non-hydrogen) atoms. The highest BCUT2D eigenvalue weighted by Crippen LogP contribution is 2.47. The van der Waals surface area contributed by atoms with Gasteiger partial charge in [0, 0.05) is 5.57 Å². The van der Waals surface area contributed by atoms with Crippen LogP contribution in [-0.2, 0) is 11.3 Å². The molecular weight excluding hydrogens is 344 g/mol. The van der Waals surface area contributed by atoms with E-state index in [-0.39, 0.29) is 6.61 Å². The molecule has 5 heteroatoms. The van der Waals surface area contributed by atoms with Gasteiger partial charge in [-0.2, -0.15) is 17.6 Å². The van der Waals surface area contributed by atoms with E-state index in [4.69, 9.17) is 4.74 Å². The Hall–Kier alpha value is -2.56. The lowest BCUT2D eigenvalue weighted by Gasteiger charge is -2.31. The molecule has 0 fully saturated rings. The first-order chi connectivity index (χ1) is 12.2. The van der Waals surface area contributed by atoms with Gasteiger partial charge in [-0.05, 0) is 36.6 Å². The lowest BCUT2D eigenvalue weighted by Crippen LogP contribution is -2.45. The predicted molar refractivity (Wildman–Crippen MR) is 93.1 cm³/mol. The Morgan fingerprint density at radius 1 is 0.731 bits per heavy atom. The highest BCUT2D eigenvalue weighted by atomic mass is 19.3. The van der Waals surface area contributed by atoms with Gasteiger partial charge in [0.25, 0.3) is 0 Å². The summed E-state index contributed by atoms with van der Waals surface area (Å²) in [7, 11) is 0. The molecule has 0 N–H and O–H groups in total. The van der Waals surface area contributed by atoms with E-state index in [9.17, 15) is 17.6 Å². The van der Waals surface area contributed by atoms with Gasteiger partial charge < -0.3 is 4.74 Å². The van der Waals surface area contributed by atoms with Crippen LogP contribution in [0.3, 0.4) is 0 Å². The van der Waals surface area contributed by atoms with Crippen LogP contribution in [0.1, 0.15) is 18.1 Å². The van der Waals surface area contributed by atoms with Crippen molar-refractivity contribution in [3.63, 3.8) is 0 Å². The SMILES string of the molecule is CC1=CC=C(OCc2ccc(-c3ccc(C)cc3)cc2)C(F)(F)C1(F)F. The molecule has 1 nitrogen and oxygen atoms in total. The fourth-order valence-electron chi connectivity index (χ4n) is 2.65. The van der Waals surface area contributed by atoms with Gasteiger partial charge in [-0.1, -0.05) is 60.2 Å². The van der Waals surface area contributed by atoms with Gasteiger partial charge >= 0.3 is 11.8 Å². The molecule has 0 amide bonds. The molecule has 0 unspecified atom stereocenters. The molecule has 1 aliphatic rings. The van der Waals surface area contributed by atoms with Crippen molar-refractivity contribution in [2.24, 2.45) is 0 Å². The largest absolute Gasteiger partial charge is 0.487 e. The number of rotatable bonds is 4. The Balaban J connectivity index is 1.71. The molecule has 136 valence electrons. The fraction of sp³-hybridized carbons (Fsp3) is 0.238. The normalized spacial score (nSPS) is 18.1. The minimum absolute atomic E-state index is 0.210. The van der Waals surface area contributed by atoms with Crippen molar-refractivity contribution in [3.05, 3.63) is 83.1 Å². The number of aryl methyl sites for hydroxylation is 1. The van der Waals surface area contributed by atoms with Gasteiger partial charge in [0.2, 0.25) is 0 Å². The second-order valence-electron chi connectivity index (χ2n) is 6.38. The second kappa shape index (κ2) is 6.63. The van der Waals surface area contributed by atoms with Gasteiger partial charge in [0.15, 0.2) is 5.76 Å². The fourth-order valence-corrected chi connectivity index (χ4v) is 2.65. The van der Waals surface area contributed by atoms with E-state index in [1.807, 2.05) is 43.3 Å². The monoisotopic (exact) mass is 362 g/mol.